The van der Waals surface area contributed by atoms with Crippen molar-refractivity contribution < 1.29 is 0 Å². The lowest BCUT2D eigenvalue weighted by Gasteiger charge is -2.39. The van der Waals surface area contributed by atoms with E-state index in [0.29, 0.717) is 11.8 Å². The number of nitrogens with two attached hydrogens (primary N) is 2. The highest BCUT2D eigenvalue weighted by Crippen LogP contribution is 2.48. The van der Waals surface area contributed by atoms with Gasteiger partial charge in [0.25, 0.3) is 0 Å². The van der Waals surface area contributed by atoms with Crippen molar-refractivity contribution in [2.24, 2.45) is 23.3 Å². The summed E-state index contributed by atoms with van der Waals surface area (Å²) in [6.07, 6.45) is 6.77. The van der Waals surface area contributed by atoms with Crippen molar-refractivity contribution in [1.29, 1.82) is 0 Å². The highest BCUT2D eigenvalue weighted by atomic mass is 15.0. The number of allylic oxidation sites excluding steroid dienone is 1. The largest absolute Gasteiger partial charge is 0.324 e. The van der Waals surface area contributed by atoms with Crippen molar-refractivity contribution in [2.75, 3.05) is 0 Å². The Labute approximate surface area is 74.0 Å². The van der Waals surface area contributed by atoms with Crippen LogP contribution in [0.5, 0.6) is 0 Å². The van der Waals surface area contributed by atoms with Crippen LogP contribution in [0.4, 0.5) is 0 Å². The molecule has 2 heteroatoms. The van der Waals surface area contributed by atoms with Crippen molar-refractivity contribution in [1.82, 2.24) is 0 Å². The molecule has 2 rings (SSSR count). The molecule has 12 heavy (non-hydrogen) atoms. The van der Waals surface area contributed by atoms with Crippen LogP contribution in [0.25, 0.3) is 0 Å². The van der Waals surface area contributed by atoms with E-state index in [1.165, 1.54) is 6.42 Å². The first-order valence-electron chi connectivity index (χ1n) is 4.70. The van der Waals surface area contributed by atoms with Gasteiger partial charge >= 0.3 is 0 Å². The molecule has 2 nitrogen and oxygen atoms in total. The summed E-state index contributed by atoms with van der Waals surface area (Å²) >= 11 is 0. The maximum Gasteiger partial charge on any atom is 0.0371 e. The SMILES string of the molecule is CC1(N)C2C=CCC(C2)C1(C)N. The third-order valence-electron chi connectivity index (χ3n) is 4.11. The standard InChI is InChI=1S/C10H18N2/c1-9(11)7-4-3-5-8(6-7)10(9,2)12/h3-4,7-8H,5-6,11-12H2,1-2H3. The Hall–Kier alpha value is -0.340. The molecule has 68 valence electrons. The molecule has 1 saturated carbocycles. The predicted octanol–water partition coefficient (Wildman–Crippen LogP) is 1.02. The number of hydrogen-bond donors (Lipinski definition) is 2. The maximum atomic E-state index is 6.28. The lowest BCUT2D eigenvalue weighted by molar-refractivity contribution is 0.239. The summed E-state index contributed by atoms with van der Waals surface area (Å²) in [7, 11) is 0. The number of hydrogen-bond acceptors (Lipinski definition) is 2. The van der Waals surface area contributed by atoms with Gasteiger partial charge in [-0.15, -0.1) is 0 Å². The molecule has 0 aromatic heterocycles. The fourth-order valence-electron chi connectivity index (χ4n) is 2.66. The van der Waals surface area contributed by atoms with Gasteiger partial charge in [0, 0.05) is 11.1 Å². The van der Waals surface area contributed by atoms with E-state index in [2.05, 4.69) is 26.0 Å². The van der Waals surface area contributed by atoms with Crippen molar-refractivity contribution in [3.63, 3.8) is 0 Å². The normalized spacial score (nSPS) is 57.7. The van der Waals surface area contributed by atoms with Crippen LogP contribution in [0.2, 0.25) is 0 Å². The summed E-state index contributed by atoms with van der Waals surface area (Å²) in [5.74, 6) is 1.08. The van der Waals surface area contributed by atoms with Crippen LogP contribution in [0.15, 0.2) is 12.2 Å². The topological polar surface area (TPSA) is 52.0 Å². The molecule has 0 amide bonds. The van der Waals surface area contributed by atoms with Gasteiger partial charge in [0.15, 0.2) is 0 Å². The molecule has 1 fully saturated rings. The van der Waals surface area contributed by atoms with Gasteiger partial charge in [-0.3, -0.25) is 0 Å². The molecule has 2 bridgehead atoms. The second-order valence-corrected chi connectivity index (χ2v) is 4.77. The Morgan fingerprint density at radius 3 is 2.42 bits per heavy atom. The minimum atomic E-state index is -0.218. The van der Waals surface area contributed by atoms with Crippen molar-refractivity contribution in [3.05, 3.63) is 12.2 Å². The van der Waals surface area contributed by atoms with Gasteiger partial charge in [-0.25, -0.2) is 0 Å². The van der Waals surface area contributed by atoms with Gasteiger partial charge in [0.05, 0.1) is 0 Å². The second-order valence-electron chi connectivity index (χ2n) is 4.77. The van der Waals surface area contributed by atoms with Crippen LogP contribution in [0, 0.1) is 11.8 Å². The van der Waals surface area contributed by atoms with Gasteiger partial charge in [-0.1, -0.05) is 12.2 Å². The van der Waals surface area contributed by atoms with Crippen molar-refractivity contribution in [2.45, 2.75) is 37.8 Å². The lowest BCUT2D eigenvalue weighted by Crippen LogP contribution is -2.63. The van der Waals surface area contributed by atoms with E-state index in [9.17, 15) is 0 Å². The minimum absolute atomic E-state index is 0.193. The molecular weight excluding hydrogens is 148 g/mol. The summed E-state index contributed by atoms with van der Waals surface area (Å²) in [5, 5.41) is 0. The summed E-state index contributed by atoms with van der Waals surface area (Å²) in [4.78, 5) is 0. The number of rotatable bonds is 0. The Bertz CT molecular complexity index is 228. The third-order valence-corrected chi connectivity index (χ3v) is 4.11. The molecular formula is C10H18N2. The van der Waals surface area contributed by atoms with Crippen LogP contribution >= 0.6 is 0 Å². The molecule has 0 heterocycles. The first kappa shape index (κ1) is 8.27. The monoisotopic (exact) mass is 166 g/mol. The first-order chi connectivity index (χ1) is 5.46. The van der Waals surface area contributed by atoms with Gasteiger partial charge in [0.2, 0.25) is 0 Å². The highest BCUT2D eigenvalue weighted by molar-refractivity contribution is 5.23. The third kappa shape index (κ3) is 0.771. The Morgan fingerprint density at radius 1 is 1.25 bits per heavy atom. The molecule has 0 saturated heterocycles. The molecule has 4 unspecified atom stereocenters. The smallest absolute Gasteiger partial charge is 0.0371 e. The molecule has 0 radical (unpaired) electrons. The minimum Gasteiger partial charge on any atom is -0.324 e. The van der Waals surface area contributed by atoms with Crippen LogP contribution < -0.4 is 11.5 Å². The summed E-state index contributed by atoms with van der Waals surface area (Å²) in [5.41, 5.74) is 12.1. The molecule has 0 spiro atoms. The number of fused-ring (bicyclic) bond motifs is 2. The summed E-state index contributed by atoms with van der Waals surface area (Å²) < 4.78 is 0. The quantitative estimate of drug-likeness (QED) is 0.528. The fourth-order valence-corrected chi connectivity index (χ4v) is 2.66. The Balaban J connectivity index is 2.42. The van der Waals surface area contributed by atoms with Gasteiger partial charge < -0.3 is 11.5 Å². The van der Waals surface area contributed by atoms with Gasteiger partial charge in [-0.05, 0) is 38.5 Å². The average molecular weight is 166 g/mol. The molecule has 2 aliphatic rings. The molecule has 2 aliphatic carbocycles. The lowest BCUT2D eigenvalue weighted by atomic mass is 9.77. The van der Waals surface area contributed by atoms with Crippen LogP contribution in [0.1, 0.15) is 26.7 Å². The zero-order chi connectivity index (χ0) is 8.98. The molecule has 4 atom stereocenters. The summed E-state index contributed by atoms with van der Waals surface area (Å²) in [6, 6.07) is 0. The second kappa shape index (κ2) is 2.12. The maximum absolute atomic E-state index is 6.28. The Kier molecular flexibility index (Phi) is 1.46. The molecule has 0 aromatic carbocycles. The highest BCUT2D eigenvalue weighted by Gasteiger charge is 2.55. The van der Waals surface area contributed by atoms with Crippen LogP contribution in [-0.2, 0) is 0 Å². The average Bonchev–Trinajstić information content (AvgIpc) is 2.13. The molecule has 4 N–H and O–H groups in total. The van der Waals surface area contributed by atoms with Crippen molar-refractivity contribution in [3.8, 4) is 0 Å². The van der Waals surface area contributed by atoms with E-state index in [4.69, 9.17) is 11.5 Å². The van der Waals surface area contributed by atoms with E-state index in [-0.39, 0.29) is 11.1 Å². The molecule has 0 aromatic rings. The van der Waals surface area contributed by atoms with E-state index in [1.807, 2.05) is 0 Å². The zero-order valence-electron chi connectivity index (χ0n) is 7.88. The zero-order valence-corrected chi connectivity index (χ0v) is 7.88. The van der Waals surface area contributed by atoms with E-state index in [1.54, 1.807) is 0 Å². The first-order valence-corrected chi connectivity index (χ1v) is 4.70. The van der Waals surface area contributed by atoms with Crippen molar-refractivity contribution >= 4 is 0 Å². The van der Waals surface area contributed by atoms with E-state index in [0.717, 1.165) is 6.42 Å². The fraction of sp³-hybridized carbons (Fsp3) is 0.800. The van der Waals surface area contributed by atoms with E-state index < -0.39 is 0 Å². The molecule has 0 aliphatic heterocycles. The van der Waals surface area contributed by atoms with Gasteiger partial charge in [-0.2, -0.15) is 0 Å². The Morgan fingerprint density at radius 2 is 1.92 bits per heavy atom. The van der Waals surface area contributed by atoms with E-state index >= 15 is 0 Å². The van der Waals surface area contributed by atoms with Gasteiger partial charge in [0.1, 0.15) is 0 Å². The summed E-state index contributed by atoms with van der Waals surface area (Å²) in [6.45, 7) is 4.19. The predicted molar refractivity (Wildman–Crippen MR) is 50.5 cm³/mol. The van der Waals surface area contributed by atoms with Crippen LogP contribution in [0.3, 0.4) is 0 Å². The van der Waals surface area contributed by atoms with Crippen LogP contribution in [-0.4, -0.2) is 11.1 Å².